The lowest BCUT2D eigenvalue weighted by Crippen LogP contribution is -2.14. The Bertz CT molecular complexity index is 444. The Labute approximate surface area is 109 Å². The molecule has 1 N–H and O–H groups in total. The van der Waals surface area contributed by atoms with Crippen LogP contribution in [0.3, 0.4) is 0 Å². The van der Waals surface area contributed by atoms with Gasteiger partial charge in [0.15, 0.2) is 0 Å². The van der Waals surface area contributed by atoms with Crippen molar-refractivity contribution in [3.05, 3.63) is 32.8 Å². The van der Waals surface area contributed by atoms with Gasteiger partial charge in [-0.3, -0.25) is 10.1 Å². The van der Waals surface area contributed by atoms with E-state index in [1.54, 1.807) is 6.07 Å². The van der Waals surface area contributed by atoms with Gasteiger partial charge in [0.05, 0.1) is 4.92 Å². The predicted molar refractivity (Wildman–Crippen MR) is 71.2 cm³/mol. The van der Waals surface area contributed by atoms with Gasteiger partial charge in [0.2, 0.25) is 0 Å². The molecule has 17 heavy (non-hydrogen) atoms. The third-order valence-electron chi connectivity index (χ3n) is 3.52. The van der Waals surface area contributed by atoms with Crippen LogP contribution in [0, 0.1) is 15.5 Å². The molecular weight excluding hydrogens is 284 g/mol. The standard InChI is InChI=1S/C12H15BrN2O2/c1-2-12(5-6-12)8-14-11-4-3-9(15(16)17)7-10(11)13/h3-4,7,14H,2,5-6,8H2,1H3. The van der Waals surface area contributed by atoms with Crippen LogP contribution in [0.2, 0.25) is 0 Å². The van der Waals surface area contributed by atoms with Gasteiger partial charge in [-0.2, -0.15) is 0 Å². The van der Waals surface area contributed by atoms with Gasteiger partial charge >= 0.3 is 0 Å². The molecule has 1 saturated carbocycles. The van der Waals surface area contributed by atoms with Crippen LogP contribution in [0.1, 0.15) is 26.2 Å². The van der Waals surface area contributed by atoms with Crippen molar-refractivity contribution in [3.63, 3.8) is 0 Å². The first-order valence-corrected chi connectivity index (χ1v) is 6.53. The lowest BCUT2D eigenvalue weighted by molar-refractivity contribution is -0.384. The minimum absolute atomic E-state index is 0.110. The largest absolute Gasteiger partial charge is 0.384 e. The third kappa shape index (κ3) is 2.77. The fraction of sp³-hybridized carbons (Fsp3) is 0.500. The van der Waals surface area contributed by atoms with Crippen molar-refractivity contribution >= 4 is 27.3 Å². The first-order valence-electron chi connectivity index (χ1n) is 5.74. The van der Waals surface area contributed by atoms with Crippen LogP contribution in [0.15, 0.2) is 22.7 Å². The monoisotopic (exact) mass is 298 g/mol. The Kier molecular flexibility index (Phi) is 3.38. The van der Waals surface area contributed by atoms with Crippen molar-refractivity contribution in [1.29, 1.82) is 0 Å². The fourth-order valence-corrected chi connectivity index (χ4v) is 2.38. The molecule has 1 aromatic rings. The Morgan fingerprint density at radius 3 is 2.71 bits per heavy atom. The van der Waals surface area contributed by atoms with Gasteiger partial charge in [-0.1, -0.05) is 6.92 Å². The van der Waals surface area contributed by atoms with Gasteiger partial charge < -0.3 is 5.32 Å². The molecule has 1 aromatic carbocycles. The maximum Gasteiger partial charge on any atom is 0.270 e. The van der Waals surface area contributed by atoms with Crippen LogP contribution < -0.4 is 5.32 Å². The minimum atomic E-state index is -0.386. The average Bonchev–Trinajstić information content (AvgIpc) is 3.08. The molecule has 2 rings (SSSR count). The second-order valence-electron chi connectivity index (χ2n) is 4.63. The molecule has 1 fully saturated rings. The summed E-state index contributed by atoms with van der Waals surface area (Å²) in [5.41, 5.74) is 1.50. The zero-order valence-corrected chi connectivity index (χ0v) is 11.3. The average molecular weight is 299 g/mol. The van der Waals surface area contributed by atoms with E-state index in [1.165, 1.54) is 31.4 Å². The van der Waals surface area contributed by atoms with Crippen LogP contribution in [0.4, 0.5) is 11.4 Å². The fourth-order valence-electron chi connectivity index (χ4n) is 1.88. The van der Waals surface area contributed by atoms with E-state index in [-0.39, 0.29) is 10.6 Å². The van der Waals surface area contributed by atoms with Crippen LogP contribution in [-0.2, 0) is 0 Å². The molecule has 0 bridgehead atoms. The van der Waals surface area contributed by atoms with Crippen molar-refractivity contribution in [3.8, 4) is 0 Å². The topological polar surface area (TPSA) is 55.2 Å². The number of nitro groups is 1. The van der Waals surface area contributed by atoms with Gasteiger partial charge in [0.25, 0.3) is 5.69 Å². The van der Waals surface area contributed by atoms with Crippen LogP contribution in [0.25, 0.3) is 0 Å². The SMILES string of the molecule is CCC1(CNc2ccc([N+](=O)[O-])cc2Br)CC1. The third-order valence-corrected chi connectivity index (χ3v) is 4.18. The molecule has 1 aliphatic carbocycles. The second kappa shape index (κ2) is 4.64. The second-order valence-corrected chi connectivity index (χ2v) is 5.48. The summed E-state index contributed by atoms with van der Waals surface area (Å²) in [6, 6.07) is 4.82. The van der Waals surface area contributed by atoms with E-state index < -0.39 is 0 Å². The molecule has 1 aliphatic rings. The first-order chi connectivity index (χ1) is 8.06. The summed E-state index contributed by atoms with van der Waals surface area (Å²) in [4.78, 5) is 10.2. The molecule has 0 atom stereocenters. The maximum atomic E-state index is 10.6. The molecule has 0 unspecified atom stereocenters. The van der Waals surface area contributed by atoms with Crippen LogP contribution >= 0.6 is 15.9 Å². The number of nitrogens with zero attached hydrogens (tertiary/aromatic N) is 1. The van der Waals surface area contributed by atoms with E-state index in [0.717, 1.165) is 16.7 Å². The Balaban J connectivity index is 2.04. The molecule has 0 aromatic heterocycles. The minimum Gasteiger partial charge on any atom is -0.384 e. The van der Waals surface area contributed by atoms with E-state index in [0.29, 0.717) is 5.41 Å². The van der Waals surface area contributed by atoms with Crippen molar-refractivity contribution in [2.75, 3.05) is 11.9 Å². The number of rotatable bonds is 5. The van der Waals surface area contributed by atoms with Gasteiger partial charge in [-0.05, 0) is 46.7 Å². The van der Waals surface area contributed by atoms with Crippen LogP contribution in [-0.4, -0.2) is 11.5 Å². The summed E-state index contributed by atoms with van der Waals surface area (Å²) in [6.07, 6.45) is 3.74. The van der Waals surface area contributed by atoms with Gasteiger partial charge in [-0.25, -0.2) is 0 Å². The molecule has 92 valence electrons. The van der Waals surface area contributed by atoms with Crippen molar-refractivity contribution in [1.82, 2.24) is 0 Å². The van der Waals surface area contributed by atoms with Crippen molar-refractivity contribution < 1.29 is 4.92 Å². The van der Waals surface area contributed by atoms with E-state index in [1.807, 2.05) is 0 Å². The smallest absolute Gasteiger partial charge is 0.270 e. The molecule has 4 nitrogen and oxygen atoms in total. The zero-order valence-electron chi connectivity index (χ0n) is 9.70. The molecular formula is C12H15BrN2O2. The molecule has 0 saturated heterocycles. The summed E-state index contributed by atoms with van der Waals surface area (Å²) < 4.78 is 0.749. The number of non-ortho nitro benzene ring substituents is 1. The summed E-state index contributed by atoms with van der Waals surface area (Å²) in [5.74, 6) is 0. The summed E-state index contributed by atoms with van der Waals surface area (Å²) in [7, 11) is 0. The Morgan fingerprint density at radius 2 is 2.24 bits per heavy atom. The first kappa shape index (κ1) is 12.4. The molecule has 0 aliphatic heterocycles. The number of hydrogen-bond acceptors (Lipinski definition) is 3. The number of benzene rings is 1. The predicted octanol–water partition coefficient (Wildman–Crippen LogP) is 3.96. The quantitative estimate of drug-likeness (QED) is 0.661. The number of anilines is 1. The van der Waals surface area contributed by atoms with Gasteiger partial charge in [-0.15, -0.1) is 0 Å². The number of halogens is 1. The lowest BCUT2D eigenvalue weighted by Gasteiger charge is -2.15. The maximum absolute atomic E-state index is 10.6. The molecule has 0 amide bonds. The number of nitro benzene ring substituents is 1. The molecule has 0 spiro atoms. The van der Waals surface area contributed by atoms with Gasteiger partial charge in [0.1, 0.15) is 0 Å². The molecule has 5 heteroatoms. The summed E-state index contributed by atoms with van der Waals surface area (Å²) in [6.45, 7) is 3.15. The summed E-state index contributed by atoms with van der Waals surface area (Å²) >= 11 is 3.36. The molecule has 0 radical (unpaired) electrons. The van der Waals surface area contributed by atoms with Gasteiger partial charge in [0, 0.05) is 28.8 Å². The number of nitrogens with one attached hydrogen (secondary N) is 1. The highest BCUT2D eigenvalue weighted by molar-refractivity contribution is 9.10. The highest BCUT2D eigenvalue weighted by Crippen LogP contribution is 2.48. The van der Waals surface area contributed by atoms with Crippen molar-refractivity contribution in [2.45, 2.75) is 26.2 Å². The normalized spacial score (nSPS) is 16.6. The summed E-state index contributed by atoms with van der Waals surface area (Å²) in [5, 5.41) is 14.0. The Morgan fingerprint density at radius 1 is 1.53 bits per heavy atom. The number of hydrogen-bond donors (Lipinski definition) is 1. The zero-order chi connectivity index (χ0) is 12.5. The molecule has 0 heterocycles. The highest BCUT2D eigenvalue weighted by atomic mass is 79.9. The van der Waals surface area contributed by atoms with E-state index in [2.05, 4.69) is 28.2 Å². The highest BCUT2D eigenvalue weighted by Gasteiger charge is 2.40. The lowest BCUT2D eigenvalue weighted by atomic mass is 10.0. The Hall–Kier alpha value is -1.10. The van der Waals surface area contributed by atoms with E-state index in [9.17, 15) is 10.1 Å². The van der Waals surface area contributed by atoms with Crippen LogP contribution in [0.5, 0.6) is 0 Å². The van der Waals surface area contributed by atoms with E-state index >= 15 is 0 Å². The van der Waals surface area contributed by atoms with E-state index in [4.69, 9.17) is 0 Å². The van der Waals surface area contributed by atoms with Crippen molar-refractivity contribution in [2.24, 2.45) is 5.41 Å².